The van der Waals surface area contributed by atoms with Gasteiger partial charge in [0.1, 0.15) is 5.76 Å². The third-order valence-corrected chi connectivity index (χ3v) is 4.75. The molecule has 24 heavy (non-hydrogen) atoms. The minimum absolute atomic E-state index is 0.0687. The Morgan fingerprint density at radius 1 is 1.42 bits per heavy atom. The summed E-state index contributed by atoms with van der Waals surface area (Å²) in [5, 5.41) is 14.7. The zero-order valence-corrected chi connectivity index (χ0v) is 14.5. The number of rotatable bonds is 6. The van der Waals surface area contributed by atoms with Crippen molar-refractivity contribution in [2.45, 2.75) is 39.2 Å². The van der Waals surface area contributed by atoms with Crippen molar-refractivity contribution in [1.82, 2.24) is 25.6 Å². The number of aromatic nitrogens is 3. The average Bonchev–Trinajstić information content (AvgIpc) is 3.30. The summed E-state index contributed by atoms with van der Waals surface area (Å²) in [6.45, 7) is 6.05. The van der Waals surface area contributed by atoms with Gasteiger partial charge >= 0.3 is 0 Å². The van der Waals surface area contributed by atoms with Crippen molar-refractivity contribution in [3.8, 4) is 0 Å². The number of aryl methyl sites for hydroxylation is 3. The Morgan fingerprint density at radius 3 is 2.92 bits per heavy atom. The second-order valence-electron chi connectivity index (χ2n) is 6.27. The van der Waals surface area contributed by atoms with Gasteiger partial charge in [0.05, 0.1) is 17.8 Å². The van der Waals surface area contributed by atoms with E-state index in [2.05, 4.69) is 20.9 Å². The molecule has 2 N–H and O–H groups in total. The van der Waals surface area contributed by atoms with E-state index in [0.717, 1.165) is 42.0 Å². The summed E-state index contributed by atoms with van der Waals surface area (Å²) in [5.41, 5.74) is 3.06. The molecule has 2 aromatic rings. The van der Waals surface area contributed by atoms with Gasteiger partial charge in [0.25, 0.3) is 0 Å². The van der Waals surface area contributed by atoms with Crippen LogP contribution in [-0.2, 0) is 31.2 Å². The third kappa shape index (κ3) is 3.21. The highest BCUT2D eigenvalue weighted by atomic mass is 16.5. The van der Waals surface area contributed by atoms with Gasteiger partial charge in [0.15, 0.2) is 0 Å². The van der Waals surface area contributed by atoms with Gasteiger partial charge in [-0.1, -0.05) is 19.0 Å². The maximum Gasteiger partial charge on any atom is 0.225 e. The first kappa shape index (κ1) is 16.7. The van der Waals surface area contributed by atoms with Crippen LogP contribution in [0.4, 0.5) is 0 Å². The van der Waals surface area contributed by atoms with Crippen LogP contribution in [0.5, 0.6) is 0 Å². The molecule has 1 fully saturated rings. The molecule has 7 heteroatoms. The Balaban J connectivity index is 1.67. The molecule has 0 unspecified atom stereocenters. The van der Waals surface area contributed by atoms with Crippen molar-refractivity contribution in [2.75, 3.05) is 13.1 Å². The van der Waals surface area contributed by atoms with Gasteiger partial charge in [-0.25, -0.2) is 0 Å². The van der Waals surface area contributed by atoms with E-state index in [9.17, 15) is 4.79 Å². The van der Waals surface area contributed by atoms with Crippen LogP contribution in [-0.4, -0.2) is 33.9 Å². The Kier molecular flexibility index (Phi) is 4.99. The molecule has 0 bridgehead atoms. The average molecular weight is 331 g/mol. The molecule has 0 aromatic carbocycles. The van der Waals surface area contributed by atoms with Crippen LogP contribution in [0, 0.1) is 5.92 Å². The second kappa shape index (κ2) is 7.17. The molecule has 7 nitrogen and oxygen atoms in total. The van der Waals surface area contributed by atoms with Gasteiger partial charge in [-0.3, -0.25) is 9.48 Å². The number of hydrogen-bond donors (Lipinski definition) is 2. The molecule has 0 saturated carbocycles. The molecule has 2 aromatic heterocycles. The quantitative estimate of drug-likeness (QED) is 0.829. The zero-order chi connectivity index (χ0) is 17.1. The monoisotopic (exact) mass is 331 g/mol. The highest BCUT2D eigenvalue weighted by molar-refractivity contribution is 5.80. The minimum Gasteiger partial charge on any atom is -0.361 e. The fourth-order valence-corrected chi connectivity index (χ4v) is 3.38. The summed E-state index contributed by atoms with van der Waals surface area (Å²) < 4.78 is 7.14. The summed E-state index contributed by atoms with van der Waals surface area (Å²) in [7, 11) is 1.89. The van der Waals surface area contributed by atoms with E-state index in [1.54, 1.807) is 4.68 Å². The fourth-order valence-electron chi connectivity index (χ4n) is 3.38. The maximum atomic E-state index is 12.7. The number of hydrogen-bond acceptors (Lipinski definition) is 5. The van der Waals surface area contributed by atoms with Crippen molar-refractivity contribution in [1.29, 1.82) is 0 Å². The number of carbonyl (C=O) groups excluding carboxylic acids is 1. The predicted molar refractivity (Wildman–Crippen MR) is 89.4 cm³/mol. The van der Waals surface area contributed by atoms with Crippen LogP contribution < -0.4 is 10.6 Å². The van der Waals surface area contributed by atoms with Crippen LogP contribution in [0.2, 0.25) is 0 Å². The number of nitrogens with zero attached hydrogens (tertiary/aromatic N) is 3. The highest BCUT2D eigenvalue weighted by Gasteiger charge is 2.34. The maximum absolute atomic E-state index is 12.7. The molecule has 0 spiro atoms. The van der Waals surface area contributed by atoms with Crippen molar-refractivity contribution in [3.05, 3.63) is 35.0 Å². The molecular weight excluding hydrogens is 306 g/mol. The fraction of sp³-hybridized carbons (Fsp3) is 0.588. The van der Waals surface area contributed by atoms with Crippen molar-refractivity contribution in [3.63, 3.8) is 0 Å². The largest absolute Gasteiger partial charge is 0.361 e. The molecule has 0 aliphatic carbocycles. The molecule has 1 saturated heterocycles. The zero-order valence-electron chi connectivity index (χ0n) is 14.5. The van der Waals surface area contributed by atoms with Crippen LogP contribution in [0.3, 0.4) is 0 Å². The summed E-state index contributed by atoms with van der Waals surface area (Å²) >= 11 is 0. The lowest BCUT2D eigenvalue weighted by molar-refractivity contribution is -0.125. The van der Waals surface area contributed by atoms with Crippen LogP contribution in [0.1, 0.15) is 42.3 Å². The second-order valence-corrected chi connectivity index (χ2v) is 6.27. The summed E-state index contributed by atoms with van der Waals surface area (Å²) in [6.07, 6.45) is 5.42. The Bertz CT molecular complexity index is 684. The molecular formula is C17H25N5O2. The van der Waals surface area contributed by atoms with E-state index in [4.69, 9.17) is 4.52 Å². The molecule has 1 amide bonds. The molecule has 3 heterocycles. The Labute approximate surface area is 141 Å². The minimum atomic E-state index is -0.0794. The molecule has 130 valence electrons. The molecule has 3 rings (SSSR count). The Morgan fingerprint density at radius 2 is 2.25 bits per heavy atom. The van der Waals surface area contributed by atoms with Gasteiger partial charge in [-0.2, -0.15) is 5.10 Å². The first-order valence-electron chi connectivity index (χ1n) is 8.57. The molecule has 1 aliphatic heterocycles. The predicted octanol–water partition coefficient (Wildman–Crippen LogP) is 1.15. The van der Waals surface area contributed by atoms with Gasteiger partial charge in [-0.15, -0.1) is 0 Å². The summed E-state index contributed by atoms with van der Waals surface area (Å²) in [5.74, 6) is 1.02. The number of amides is 1. The standard InChI is InChI=1S/C17H25N5O2/c1-4-15-14(16(5-2)24-21-15)9-19-17(23)13-8-18-7-12(13)11-6-20-22(3)10-11/h6,10,12-13,18H,4-5,7-9H2,1-3H3,(H,19,23)/t12-,13+/m1/s1. The van der Waals surface area contributed by atoms with Crippen molar-refractivity contribution in [2.24, 2.45) is 13.0 Å². The summed E-state index contributed by atoms with van der Waals surface area (Å²) in [4.78, 5) is 12.7. The van der Waals surface area contributed by atoms with E-state index in [1.807, 2.05) is 33.3 Å². The lowest BCUT2D eigenvalue weighted by Crippen LogP contribution is -2.34. The van der Waals surface area contributed by atoms with E-state index >= 15 is 0 Å². The van der Waals surface area contributed by atoms with Crippen molar-refractivity contribution < 1.29 is 9.32 Å². The van der Waals surface area contributed by atoms with E-state index in [1.165, 1.54) is 0 Å². The first-order valence-corrected chi connectivity index (χ1v) is 8.57. The van der Waals surface area contributed by atoms with E-state index in [-0.39, 0.29) is 17.7 Å². The highest BCUT2D eigenvalue weighted by Crippen LogP contribution is 2.28. The normalized spacial score (nSPS) is 20.5. The number of carbonyl (C=O) groups is 1. The smallest absolute Gasteiger partial charge is 0.225 e. The lowest BCUT2D eigenvalue weighted by Gasteiger charge is -2.17. The van der Waals surface area contributed by atoms with Crippen LogP contribution in [0.15, 0.2) is 16.9 Å². The lowest BCUT2D eigenvalue weighted by atomic mass is 9.90. The van der Waals surface area contributed by atoms with Gasteiger partial charge in [-0.05, 0) is 12.0 Å². The van der Waals surface area contributed by atoms with E-state index in [0.29, 0.717) is 13.1 Å². The van der Waals surface area contributed by atoms with Crippen LogP contribution >= 0.6 is 0 Å². The van der Waals surface area contributed by atoms with Gasteiger partial charge in [0.2, 0.25) is 5.91 Å². The van der Waals surface area contributed by atoms with Crippen molar-refractivity contribution >= 4 is 5.91 Å². The van der Waals surface area contributed by atoms with E-state index < -0.39 is 0 Å². The number of nitrogens with one attached hydrogen (secondary N) is 2. The van der Waals surface area contributed by atoms with Gasteiger partial charge < -0.3 is 15.2 Å². The topological polar surface area (TPSA) is 85.0 Å². The van der Waals surface area contributed by atoms with Crippen LogP contribution in [0.25, 0.3) is 0 Å². The molecule has 1 aliphatic rings. The van der Waals surface area contributed by atoms with Gasteiger partial charge in [0, 0.05) is 50.8 Å². The summed E-state index contributed by atoms with van der Waals surface area (Å²) in [6, 6.07) is 0. The molecule has 2 atom stereocenters. The Hall–Kier alpha value is -2.15. The third-order valence-electron chi connectivity index (χ3n) is 4.75. The SMILES string of the molecule is CCc1noc(CC)c1CNC(=O)[C@H]1CNC[C@@H]1c1cnn(C)c1. The first-order chi connectivity index (χ1) is 11.6. The molecule has 0 radical (unpaired) electrons.